The molecule has 1 saturated heterocycles. The van der Waals surface area contributed by atoms with Crippen LogP contribution >= 0.6 is 0 Å². The lowest BCUT2D eigenvalue weighted by molar-refractivity contribution is -0.137. The Morgan fingerprint density at radius 3 is 2.52 bits per heavy atom. The van der Waals surface area contributed by atoms with E-state index in [9.17, 15) is 9.59 Å². The highest BCUT2D eigenvalue weighted by Gasteiger charge is 2.56. The summed E-state index contributed by atoms with van der Waals surface area (Å²) in [6, 6.07) is 5.68. The summed E-state index contributed by atoms with van der Waals surface area (Å²) < 4.78 is 16.0. The maximum Gasteiger partial charge on any atom is 0.235 e. The molecule has 1 aromatic rings. The lowest BCUT2D eigenvalue weighted by atomic mass is 10.0. The van der Waals surface area contributed by atoms with Crippen LogP contribution in [0.2, 0.25) is 0 Å². The van der Waals surface area contributed by atoms with Gasteiger partial charge in [-0.2, -0.15) is 0 Å². The summed E-state index contributed by atoms with van der Waals surface area (Å²) in [6.45, 7) is 1.71. The molecule has 0 spiro atoms. The van der Waals surface area contributed by atoms with Gasteiger partial charge in [0.1, 0.15) is 5.41 Å². The number of hydrogen-bond acceptors (Lipinski definition) is 5. The van der Waals surface area contributed by atoms with Gasteiger partial charge in [-0.3, -0.25) is 9.59 Å². The van der Waals surface area contributed by atoms with Crippen molar-refractivity contribution in [1.29, 1.82) is 0 Å². The fourth-order valence-electron chi connectivity index (χ4n) is 3.39. The van der Waals surface area contributed by atoms with Gasteiger partial charge >= 0.3 is 0 Å². The first kappa shape index (κ1) is 19.5. The largest absolute Gasteiger partial charge is 0.493 e. The molecule has 1 aromatic carbocycles. The first-order valence-corrected chi connectivity index (χ1v) is 9.48. The molecular weight excluding hydrogens is 348 g/mol. The highest BCUT2D eigenvalue weighted by atomic mass is 16.5. The predicted molar refractivity (Wildman–Crippen MR) is 99.9 cm³/mol. The van der Waals surface area contributed by atoms with Crippen molar-refractivity contribution in [3.05, 3.63) is 23.8 Å². The van der Waals surface area contributed by atoms with E-state index in [1.54, 1.807) is 14.2 Å². The van der Waals surface area contributed by atoms with Gasteiger partial charge in [0.05, 0.1) is 20.3 Å². The minimum Gasteiger partial charge on any atom is -0.493 e. The molecule has 0 bridgehead atoms. The van der Waals surface area contributed by atoms with Crippen LogP contribution in [0.15, 0.2) is 18.2 Å². The second kappa shape index (κ2) is 8.61. The zero-order valence-electron chi connectivity index (χ0n) is 16.0. The van der Waals surface area contributed by atoms with Crippen molar-refractivity contribution in [2.24, 2.45) is 5.41 Å². The molecule has 2 fully saturated rings. The molecule has 0 radical (unpaired) electrons. The lowest BCUT2D eigenvalue weighted by Gasteiger charge is -2.17. The van der Waals surface area contributed by atoms with Gasteiger partial charge in [0, 0.05) is 19.7 Å². The second-order valence-electron chi connectivity index (χ2n) is 7.12. The number of ether oxygens (including phenoxy) is 3. The topological polar surface area (TPSA) is 85.9 Å². The molecule has 1 heterocycles. The molecule has 1 aliphatic carbocycles. The molecule has 3 rings (SSSR count). The van der Waals surface area contributed by atoms with Crippen LogP contribution in [-0.4, -0.2) is 51.8 Å². The van der Waals surface area contributed by atoms with Crippen LogP contribution in [0.3, 0.4) is 0 Å². The lowest BCUT2D eigenvalue weighted by Crippen LogP contribution is -2.45. The quantitative estimate of drug-likeness (QED) is 0.637. The number of carbonyl (C=O) groups is 2. The molecular formula is C20H28N2O5. The third-order valence-electron chi connectivity index (χ3n) is 5.28. The molecule has 1 unspecified atom stereocenters. The number of methoxy groups -OCH3 is 2. The monoisotopic (exact) mass is 376 g/mol. The van der Waals surface area contributed by atoms with E-state index >= 15 is 0 Å². The highest BCUT2D eigenvalue weighted by molar-refractivity contribution is 6.07. The first-order chi connectivity index (χ1) is 13.1. The van der Waals surface area contributed by atoms with E-state index in [0.717, 1.165) is 25.0 Å². The molecule has 1 aliphatic heterocycles. The van der Waals surface area contributed by atoms with Crippen molar-refractivity contribution in [1.82, 2.24) is 10.6 Å². The molecule has 0 aromatic heterocycles. The Morgan fingerprint density at radius 1 is 1.15 bits per heavy atom. The third kappa shape index (κ3) is 4.53. The highest BCUT2D eigenvalue weighted by Crippen LogP contribution is 2.46. The van der Waals surface area contributed by atoms with Gasteiger partial charge in [0.25, 0.3) is 0 Å². The van der Waals surface area contributed by atoms with E-state index in [1.807, 2.05) is 18.2 Å². The Morgan fingerprint density at radius 2 is 1.89 bits per heavy atom. The Balaban J connectivity index is 1.46. The van der Waals surface area contributed by atoms with E-state index in [-0.39, 0.29) is 17.9 Å². The summed E-state index contributed by atoms with van der Waals surface area (Å²) in [4.78, 5) is 25.0. The Hall–Kier alpha value is -2.28. The molecule has 27 heavy (non-hydrogen) atoms. The summed E-state index contributed by atoms with van der Waals surface area (Å²) in [5, 5.41) is 5.79. The molecule has 2 N–H and O–H groups in total. The van der Waals surface area contributed by atoms with Gasteiger partial charge in [0.15, 0.2) is 11.5 Å². The van der Waals surface area contributed by atoms with Crippen molar-refractivity contribution in [2.45, 2.75) is 38.2 Å². The number of amides is 2. The van der Waals surface area contributed by atoms with Crippen molar-refractivity contribution in [2.75, 3.05) is 33.9 Å². The van der Waals surface area contributed by atoms with Gasteiger partial charge in [-0.25, -0.2) is 0 Å². The molecule has 148 valence electrons. The Labute approximate surface area is 159 Å². The van der Waals surface area contributed by atoms with Gasteiger partial charge in [-0.1, -0.05) is 6.07 Å². The average Bonchev–Trinajstić information content (AvgIpc) is 3.35. The molecule has 1 saturated carbocycles. The fraction of sp³-hybridized carbons (Fsp3) is 0.600. The maximum absolute atomic E-state index is 12.5. The van der Waals surface area contributed by atoms with Crippen LogP contribution in [0.1, 0.15) is 31.2 Å². The minimum absolute atomic E-state index is 0.0814. The Kier molecular flexibility index (Phi) is 6.21. The number of nitrogens with one attached hydrogen (secondary N) is 2. The van der Waals surface area contributed by atoms with Crippen LogP contribution in [-0.2, 0) is 20.7 Å². The Bertz CT molecular complexity index is 681. The molecule has 7 heteroatoms. The van der Waals surface area contributed by atoms with E-state index in [4.69, 9.17) is 14.2 Å². The predicted octanol–water partition coefficient (Wildman–Crippen LogP) is 1.44. The van der Waals surface area contributed by atoms with Crippen LogP contribution < -0.4 is 20.1 Å². The maximum atomic E-state index is 12.5. The summed E-state index contributed by atoms with van der Waals surface area (Å²) >= 11 is 0. The van der Waals surface area contributed by atoms with Gasteiger partial charge in [0.2, 0.25) is 11.8 Å². The minimum atomic E-state index is -0.893. The number of carbonyl (C=O) groups excluding carboxylic acids is 2. The van der Waals surface area contributed by atoms with E-state index < -0.39 is 5.41 Å². The normalized spacial score (nSPS) is 20.0. The van der Waals surface area contributed by atoms with Crippen molar-refractivity contribution in [3.63, 3.8) is 0 Å². The van der Waals surface area contributed by atoms with E-state index in [2.05, 4.69) is 10.6 Å². The summed E-state index contributed by atoms with van der Waals surface area (Å²) in [6.07, 6.45) is 3.93. The fourth-order valence-corrected chi connectivity index (χ4v) is 3.39. The zero-order chi connectivity index (χ0) is 19.3. The van der Waals surface area contributed by atoms with Crippen molar-refractivity contribution in [3.8, 4) is 11.5 Å². The summed E-state index contributed by atoms with van der Waals surface area (Å²) in [5.41, 5.74) is 0.136. The summed E-state index contributed by atoms with van der Waals surface area (Å²) in [5.74, 6) is 0.966. The molecule has 7 nitrogen and oxygen atoms in total. The van der Waals surface area contributed by atoms with Crippen LogP contribution in [0.4, 0.5) is 0 Å². The van der Waals surface area contributed by atoms with Gasteiger partial charge < -0.3 is 24.8 Å². The van der Waals surface area contributed by atoms with Crippen LogP contribution in [0, 0.1) is 5.41 Å². The van der Waals surface area contributed by atoms with E-state index in [0.29, 0.717) is 43.9 Å². The van der Waals surface area contributed by atoms with Gasteiger partial charge in [-0.05, 0) is 49.8 Å². The first-order valence-electron chi connectivity index (χ1n) is 9.48. The van der Waals surface area contributed by atoms with Crippen molar-refractivity contribution < 1.29 is 23.8 Å². The molecule has 2 aliphatic rings. The van der Waals surface area contributed by atoms with E-state index in [1.165, 1.54) is 0 Å². The number of hydrogen-bond donors (Lipinski definition) is 2. The van der Waals surface area contributed by atoms with Crippen molar-refractivity contribution >= 4 is 11.8 Å². The van der Waals surface area contributed by atoms with Gasteiger partial charge in [-0.15, -0.1) is 0 Å². The van der Waals surface area contributed by atoms with Crippen LogP contribution in [0.25, 0.3) is 0 Å². The molecule has 1 atom stereocenters. The second-order valence-corrected chi connectivity index (χ2v) is 7.12. The SMILES string of the molecule is COc1ccc(CCNC(=O)C2(C(=O)NCC3CCCO3)CC2)cc1OC. The zero-order valence-corrected chi connectivity index (χ0v) is 16.0. The third-order valence-corrected chi connectivity index (χ3v) is 5.28. The number of rotatable bonds is 9. The number of benzene rings is 1. The summed E-state index contributed by atoms with van der Waals surface area (Å²) in [7, 11) is 3.19. The standard InChI is InChI=1S/C20H28N2O5/c1-25-16-6-5-14(12-17(16)26-2)7-10-21-18(23)20(8-9-20)19(24)22-13-15-4-3-11-27-15/h5-6,12,15H,3-4,7-11,13H2,1-2H3,(H,21,23)(H,22,24). The smallest absolute Gasteiger partial charge is 0.235 e. The average molecular weight is 376 g/mol. The van der Waals surface area contributed by atoms with Crippen LogP contribution in [0.5, 0.6) is 11.5 Å². The molecule has 2 amide bonds.